The molecule has 2 nitrogen and oxygen atoms in total. The average Bonchev–Trinajstić information content (AvgIpc) is 1.90. The highest BCUT2D eigenvalue weighted by molar-refractivity contribution is 5.85. The van der Waals surface area contributed by atoms with Crippen LogP contribution in [0.1, 0.15) is 12.8 Å². The number of alkyl halides is 1. The molecule has 0 bridgehead atoms. The summed E-state index contributed by atoms with van der Waals surface area (Å²) >= 11 is 0. The lowest BCUT2D eigenvalue weighted by Gasteiger charge is -2.42. The Hall–Kier alpha value is 0.430. The molecule has 0 spiro atoms. The van der Waals surface area contributed by atoms with Crippen molar-refractivity contribution in [1.82, 2.24) is 10.2 Å². The monoisotopic (exact) mass is 230 g/mol. The molecule has 1 N–H and O–H groups in total. The minimum atomic E-state index is -0.635. The summed E-state index contributed by atoms with van der Waals surface area (Å²) < 4.78 is 13.2. The molecule has 5 heteroatoms. The number of nitrogens with one attached hydrogen (secondary N) is 1. The Bertz CT molecular complexity index is 142. The number of likely N-dealkylation sites (tertiary alicyclic amines) is 1. The topological polar surface area (TPSA) is 15.3 Å². The Labute approximate surface area is 91.1 Å². The van der Waals surface area contributed by atoms with Crippen molar-refractivity contribution in [2.24, 2.45) is 0 Å². The van der Waals surface area contributed by atoms with Gasteiger partial charge in [-0.15, -0.1) is 24.8 Å². The highest BCUT2D eigenvalue weighted by Gasteiger charge is 2.32. The van der Waals surface area contributed by atoms with E-state index in [1.807, 2.05) is 0 Å². The molecule has 2 atom stereocenters. The third-order valence-corrected chi connectivity index (χ3v) is 2.73. The van der Waals surface area contributed by atoms with Gasteiger partial charge >= 0.3 is 0 Å². The van der Waals surface area contributed by atoms with E-state index in [2.05, 4.69) is 10.2 Å². The molecular weight excluding hydrogens is 214 g/mol. The van der Waals surface area contributed by atoms with Crippen LogP contribution in [-0.2, 0) is 0 Å². The zero-order valence-electron chi connectivity index (χ0n) is 7.54. The third-order valence-electron chi connectivity index (χ3n) is 2.73. The minimum Gasteiger partial charge on any atom is -0.314 e. The van der Waals surface area contributed by atoms with E-state index >= 15 is 0 Å². The molecule has 2 aliphatic heterocycles. The lowest BCUT2D eigenvalue weighted by Crippen LogP contribution is -2.55. The summed E-state index contributed by atoms with van der Waals surface area (Å²) in [4.78, 5) is 2.27. The van der Waals surface area contributed by atoms with Gasteiger partial charge in [-0.25, -0.2) is 4.39 Å². The van der Waals surface area contributed by atoms with Crippen LogP contribution in [-0.4, -0.2) is 43.3 Å². The quantitative estimate of drug-likeness (QED) is 0.730. The molecule has 13 heavy (non-hydrogen) atoms. The van der Waals surface area contributed by atoms with Crippen LogP contribution < -0.4 is 5.32 Å². The van der Waals surface area contributed by atoms with E-state index in [9.17, 15) is 4.39 Å². The first-order valence-electron chi connectivity index (χ1n) is 4.47. The predicted molar refractivity (Wildman–Crippen MR) is 56.9 cm³/mol. The van der Waals surface area contributed by atoms with Crippen molar-refractivity contribution in [3.63, 3.8) is 0 Å². The molecule has 0 aromatic carbocycles. The van der Waals surface area contributed by atoms with Crippen molar-refractivity contribution < 1.29 is 4.39 Å². The van der Waals surface area contributed by atoms with Gasteiger partial charge in [0.2, 0.25) is 0 Å². The van der Waals surface area contributed by atoms with Gasteiger partial charge in [0.05, 0.1) is 0 Å². The highest BCUT2D eigenvalue weighted by atomic mass is 35.5. The first kappa shape index (κ1) is 13.4. The first-order chi connectivity index (χ1) is 5.38. The lowest BCUT2D eigenvalue weighted by atomic mass is 9.99. The number of nitrogens with zero attached hydrogens (tertiary/aromatic N) is 1. The molecule has 2 rings (SSSR count). The van der Waals surface area contributed by atoms with E-state index in [0.29, 0.717) is 6.54 Å². The second-order valence-electron chi connectivity index (χ2n) is 3.47. The molecule has 2 aliphatic rings. The molecule has 0 aromatic rings. The Kier molecular flexibility index (Phi) is 6.21. The van der Waals surface area contributed by atoms with E-state index in [1.165, 1.54) is 6.42 Å². The van der Waals surface area contributed by atoms with Gasteiger partial charge in [0.1, 0.15) is 6.17 Å². The van der Waals surface area contributed by atoms with Gasteiger partial charge in [-0.3, -0.25) is 4.90 Å². The molecule has 0 aliphatic carbocycles. The van der Waals surface area contributed by atoms with Crippen LogP contribution in [0.25, 0.3) is 0 Å². The Morgan fingerprint density at radius 3 is 2.38 bits per heavy atom. The van der Waals surface area contributed by atoms with Gasteiger partial charge in [-0.2, -0.15) is 0 Å². The SMILES string of the molecule is Cl.Cl.F[C@@H]1CNCC[C@@H]1N1CCC1. The molecule has 0 radical (unpaired) electrons. The Morgan fingerprint density at radius 2 is 1.92 bits per heavy atom. The van der Waals surface area contributed by atoms with E-state index in [0.717, 1.165) is 26.1 Å². The average molecular weight is 231 g/mol. The maximum Gasteiger partial charge on any atom is 0.128 e. The normalized spacial score (nSPS) is 33.9. The maximum absolute atomic E-state index is 13.2. The predicted octanol–water partition coefficient (Wildman–Crippen LogP) is 1.24. The van der Waals surface area contributed by atoms with Crippen molar-refractivity contribution in [3.8, 4) is 0 Å². The summed E-state index contributed by atoms with van der Waals surface area (Å²) in [6.07, 6.45) is 1.61. The van der Waals surface area contributed by atoms with Crippen LogP contribution >= 0.6 is 24.8 Å². The van der Waals surface area contributed by atoms with Gasteiger partial charge in [-0.05, 0) is 32.5 Å². The first-order valence-corrected chi connectivity index (χ1v) is 4.47. The molecule has 2 saturated heterocycles. The van der Waals surface area contributed by atoms with Crippen molar-refractivity contribution in [1.29, 1.82) is 0 Å². The van der Waals surface area contributed by atoms with E-state index in [-0.39, 0.29) is 30.9 Å². The minimum absolute atomic E-state index is 0. The molecule has 80 valence electrons. The third kappa shape index (κ3) is 2.94. The standard InChI is InChI=1S/C8H15FN2.2ClH/c9-7-6-10-3-2-8(7)11-4-1-5-11;;/h7-8,10H,1-6H2;2*1H/t7-,8+;;/m1../s1. The van der Waals surface area contributed by atoms with Gasteiger partial charge in [-0.1, -0.05) is 0 Å². The van der Waals surface area contributed by atoms with Gasteiger partial charge in [0, 0.05) is 12.6 Å². The number of rotatable bonds is 1. The van der Waals surface area contributed by atoms with E-state index < -0.39 is 6.17 Å². The summed E-state index contributed by atoms with van der Waals surface area (Å²) in [5.74, 6) is 0. The van der Waals surface area contributed by atoms with Crippen LogP contribution in [0, 0.1) is 0 Å². The fourth-order valence-corrected chi connectivity index (χ4v) is 1.89. The van der Waals surface area contributed by atoms with Gasteiger partial charge in [0.25, 0.3) is 0 Å². The molecule has 0 aromatic heterocycles. The van der Waals surface area contributed by atoms with E-state index in [4.69, 9.17) is 0 Å². The Balaban J connectivity index is 0.000000720. The molecule has 0 saturated carbocycles. The number of hydrogen-bond donors (Lipinski definition) is 1. The number of halogens is 3. The lowest BCUT2D eigenvalue weighted by molar-refractivity contribution is 0.0404. The van der Waals surface area contributed by atoms with Crippen molar-refractivity contribution in [2.75, 3.05) is 26.2 Å². The molecule has 2 heterocycles. The smallest absolute Gasteiger partial charge is 0.128 e. The van der Waals surface area contributed by atoms with Crippen molar-refractivity contribution in [3.05, 3.63) is 0 Å². The summed E-state index contributed by atoms with van der Waals surface area (Å²) in [5.41, 5.74) is 0. The molecule has 0 amide bonds. The molecular formula is C8H17Cl2FN2. The van der Waals surface area contributed by atoms with Crippen molar-refractivity contribution in [2.45, 2.75) is 25.1 Å². The largest absolute Gasteiger partial charge is 0.314 e. The fourth-order valence-electron chi connectivity index (χ4n) is 1.89. The fraction of sp³-hybridized carbons (Fsp3) is 1.00. The summed E-state index contributed by atoms with van der Waals surface area (Å²) in [5, 5.41) is 3.07. The zero-order valence-corrected chi connectivity index (χ0v) is 9.17. The van der Waals surface area contributed by atoms with Gasteiger partial charge < -0.3 is 5.32 Å². The highest BCUT2D eigenvalue weighted by Crippen LogP contribution is 2.20. The number of piperidine rings is 1. The summed E-state index contributed by atoms with van der Waals surface area (Å²) in [6, 6.07) is 0.227. The number of hydrogen-bond acceptors (Lipinski definition) is 2. The summed E-state index contributed by atoms with van der Waals surface area (Å²) in [7, 11) is 0. The van der Waals surface area contributed by atoms with Crippen LogP contribution in [0.15, 0.2) is 0 Å². The van der Waals surface area contributed by atoms with Crippen LogP contribution in [0.5, 0.6) is 0 Å². The molecule has 2 fully saturated rings. The second kappa shape index (κ2) is 6.02. The van der Waals surface area contributed by atoms with Crippen LogP contribution in [0.3, 0.4) is 0 Å². The second-order valence-corrected chi connectivity index (χ2v) is 3.47. The maximum atomic E-state index is 13.2. The van der Waals surface area contributed by atoms with Crippen LogP contribution in [0.4, 0.5) is 4.39 Å². The Morgan fingerprint density at radius 1 is 1.23 bits per heavy atom. The summed E-state index contributed by atoms with van der Waals surface area (Å²) in [6.45, 7) is 3.78. The zero-order chi connectivity index (χ0) is 7.68. The van der Waals surface area contributed by atoms with Crippen molar-refractivity contribution >= 4 is 24.8 Å². The van der Waals surface area contributed by atoms with Crippen LogP contribution in [0.2, 0.25) is 0 Å². The van der Waals surface area contributed by atoms with E-state index in [1.54, 1.807) is 0 Å². The van der Waals surface area contributed by atoms with Gasteiger partial charge in [0.15, 0.2) is 0 Å². The molecule has 0 unspecified atom stereocenters.